The molecule has 0 nitrogen and oxygen atoms in total. The molecule has 0 heterocycles. The Balaban J connectivity index is 1.94. The molecule has 0 N–H and O–H groups in total. The molecule has 0 saturated heterocycles. The molecule has 0 radical (unpaired) electrons. The van der Waals surface area contributed by atoms with Crippen LogP contribution >= 0.6 is 7.26 Å². The zero-order valence-corrected chi connectivity index (χ0v) is 18.5. The summed E-state index contributed by atoms with van der Waals surface area (Å²) < 4.78 is 0. The summed E-state index contributed by atoms with van der Waals surface area (Å²) in [5.74, 6) is 0. The fourth-order valence-corrected chi connectivity index (χ4v) is 11.2. The molecule has 3 aromatic carbocycles. The second-order valence-corrected chi connectivity index (χ2v) is 13.7. The number of benzene rings is 3. The first kappa shape index (κ1) is 19.4. The first-order chi connectivity index (χ1) is 13.4. The standard InChI is InChI=1S/C27H33P/c1-26(2)19-20-27(3,21-26)22-28(23-13-7-4-8-14-23,24-15-9-5-10-16-24)25-17-11-6-12-18-25/h4-18,28H,19-22H2,1-3H3. The fourth-order valence-electron chi connectivity index (χ4n) is 5.74. The quantitative estimate of drug-likeness (QED) is 0.475. The first-order valence-electron chi connectivity index (χ1n) is 10.6. The maximum atomic E-state index is 2.55. The van der Waals surface area contributed by atoms with Crippen LogP contribution in [0.25, 0.3) is 0 Å². The molecule has 0 bridgehead atoms. The molecule has 4 rings (SSSR count). The van der Waals surface area contributed by atoms with E-state index in [-0.39, 0.29) is 0 Å². The van der Waals surface area contributed by atoms with Gasteiger partial charge in [0.25, 0.3) is 0 Å². The molecular formula is C27H33P. The van der Waals surface area contributed by atoms with Crippen molar-refractivity contribution in [1.29, 1.82) is 0 Å². The van der Waals surface area contributed by atoms with Crippen molar-refractivity contribution in [2.24, 2.45) is 10.8 Å². The second kappa shape index (κ2) is 7.49. The summed E-state index contributed by atoms with van der Waals surface area (Å²) in [4.78, 5) is 0. The molecule has 0 amide bonds. The SMILES string of the molecule is CC1(C)CCC(C)(C[PH](c2ccccc2)(c2ccccc2)c2ccccc2)C1. The molecule has 1 unspecified atom stereocenters. The summed E-state index contributed by atoms with van der Waals surface area (Å²) in [5.41, 5.74) is 0.843. The topological polar surface area (TPSA) is 0 Å². The predicted molar refractivity (Wildman–Crippen MR) is 127 cm³/mol. The average Bonchev–Trinajstić information content (AvgIpc) is 3.01. The van der Waals surface area contributed by atoms with E-state index >= 15 is 0 Å². The van der Waals surface area contributed by atoms with Crippen LogP contribution in [0.15, 0.2) is 91.0 Å². The van der Waals surface area contributed by atoms with Gasteiger partial charge in [0.1, 0.15) is 0 Å². The molecule has 146 valence electrons. The summed E-state index contributed by atoms with van der Waals surface area (Å²) in [6.07, 6.45) is 5.27. The van der Waals surface area contributed by atoms with E-state index in [0.717, 1.165) is 0 Å². The van der Waals surface area contributed by atoms with Gasteiger partial charge < -0.3 is 0 Å². The van der Waals surface area contributed by atoms with E-state index in [9.17, 15) is 0 Å². The molecule has 1 heteroatoms. The molecule has 1 atom stereocenters. The Kier molecular flexibility index (Phi) is 5.19. The minimum absolute atomic E-state index is 0.386. The van der Waals surface area contributed by atoms with Crippen LogP contribution in [0.5, 0.6) is 0 Å². The van der Waals surface area contributed by atoms with E-state index in [1.807, 2.05) is 0 Å². The van der Waals surface area contributed by atoms with Gasteiger partial charge in [0.2, 0.25) is 0 Å². The Morgan fingerprint density at radius 2 is 1.00 bits per heavy atom. The van der Waals surface area contributed by atoms with E-state index in [1.54, 1.807) is 15.9 Å². The van der Waals surface area contributed by atoms with Crippen molar-refractivity contribution in [3.63, 3.8) is 0 Å². The van der Waals surface area contributed by atoms with Crippen LogP contribution in [-0.2, 0) is 0 Å². The van der Waals surface area contributed by atoms with Gasteiger partial charge in [0.05, 0.1) is 0 Å². The predicted octanol–water partition coefficient (Wildman–Crippen LogP) is 5.93. The Morgan fingerprint density at radius 3 is 1.32 bits per heavy atom. The van der Waals surface area contributed by atoms with Crippen molar-refractivity contribution < 1.29 is 0 Å². The summed E-state index contributed by atoms with van der Waals surface area (Å²) in [6, 6.07) is 34.1. The van der Waals surface area contributed by atoms with Crippen LogP contribution in [0.3, 0.4) is 0 Å². The van der Waals surface area contributed by atoms with Crippen LogP contribution in [-0.4, -0.2) is 6.16 Å². The molecule has 0 aromatic heterocycles. The number of hydrogen-bond acceptors (Lipinski definition) is 0. The summed E-state index contributed by atoms with van der Waals surface area (Å²) in [6.45, 7) is 7.46. The average molecular weight is 389 g/mol. The van der Waals surface area contributed by atoms with Crippen molar-refractivity contribution in [3.8, 4) is 0 Å². The fraction of sp³-hybridized carbons (Fsp3) is 0.333. The van der Waals surface area contributed by atoms with Crippen molar-refractivity contribution in [2.45, 2.75) is 40.0 Å². The number of hydrogen-bond donors (Lipinski definition) is 0. The van der Waals surface area contributed by atoms with Gasteiger partial charge in [-0.2, -0.15) is 0 Å². The van der Waals surface area contributed by atoms with Gasteiger partial charge in [-0.3, -0.25) is 0 Å². The molecule has 0 aliphatic heterocycles. The van der Waals surface area contributed by atoms with Gasteiger partial charge in [-0.15, -0.1) is 0 Å². The van der Waals surface area contributed by atoms with E-state index in [1.165, 1.54) is 25.4 Å². The maximum absolute atomic E-state index is 2.55. The third kappa shape index (κ3) is 3.68. The molecule has 3 aromatic rings. The molecule has 1 aliphatic carbocycles. The van der Waals surface area contributed by atoms with Gasteiger partial charge in [-0.25, -0.2) is 0 Å². The van der Waals surface area contributed by atoms with E-state index < -0.39 is 7.26 Å². The first-order valence-corrected chi connectivity index (χ1v) is 12.8. The van der Waals surface area contributed by atoms with Crippen LogP contribution in [0.2, 0.25) is 0 Å². The van der Waals surface area contributed by atoms with Gasteiger partial charge in [-0.1, -0.05) is 0 Å². The van der Waals surface area contributed by atoms with Crippen molar-refractivity contribution in [3.05, 3.63) is 91.0 Å². The molecule has 1 fully saturated rings. The van der Waals surface area contributed by atoms with Crippen molar-refractivity contribution in [2.75, 3.05) is 6.16 Å². The zero-order chi connectivity index (χ0) is 19.7. The van der Waals surface area contributed by atoms with Crippen molar-refractivity contribution >= 4 is 23.2 Å². The third-order valence-corrected chi connectivity index (χ3v) is 12.1. The summed E-state index contributed by atoms with van der Waals surface area (Å²) >= 11 is 0. The monoisotopic (exact) mass is 388 g/mol. The molecule has 0 spiro atoms. The Morgan fingerprint density at radius 1 is 0.607 bits per heavy atom. The normalized spacial score (nSPS) is 22.1. The Bertz CT molecular complexity index is 802. The number of rotatable bonds is 5. The van der Waals surface area contributed by atoms with Gasteiger partial charge in [0, 0.05) is 0 Å². The van der Waals surface area contributed by atoms with Gasteiger partial charge >= 0.3 is 171 Å². The summed E-state index contributed by atoms with van der Waals surface area (Å²) in [5, 5.41) is 4.62. The van der Waals surface area contributed by atoms with E-state index in [2.05, 4.69) is 112 Å². The second-order valence-electron chi connectivity index (χ2n) is 9.83. The van der Waals surface area contributed by atoms with E-state index in [4.69, 9.17) is 0 Å². The third-order valence-electron chi connectivity index (χ3n) is 6.80. The summed E-state index contributed by atoms with van der Waals surface area (Å²) in [7, 11) is -2.12. The van der Waals surface area contributed by atoms with E-state index in [0.29, 0.717) is 10.8 Å². The van der Waals surface area contributed by atoms with Crippen LogP contribution in [0.1, 0.15) is 40.0 Å². The molecule has 28 heavy (non-hydrogen) atoms. The van der Waals surface area contributed by atoms with Gasteiger partial charge in [0.15, 0.2) is 0 Å². The Labute approximate surface area is 171 Å². The van der Waals surface area contributed by atoms with Crippen molar-refractivity contribution in [1.82, 2.24) is 0 Å². The minimum atomic E-state index is -2.12. The van der Waals surface area contributed by atoms with Crippen LogP contribution < -0.4 is 15.9 Å². The van der Waals surface area contributed by atoms with Crippen LogP contribution in [0, 0.1) is 10.8 Å². The molecule has 1 aliphatic rings. The zero-order valence-electron chi connectivity index (χ0n) is 17.5. The molecule has 1 saturated carbocycles. The Hall–Kier alpha value is -1.91. The van der Waals surface area contributed by atoms with Gasteiger partial charge in [-0.05, 0) is 0 Å². The molecular weight excluding hydrogens is 355 g/mol. The van der Waals surface area contributed by atoms with Crippen LogP contribution in [0.4, 0.5) is 0 Å².